The third-order valence-electron chi connectivity index (χ3n) is 4.41. The maximum Gasteiger partial charge on any atom is 0.415 e. The molecule has 0 atom stereocenters. The highest BCUT2D eigenvalue weighted by Crippen LogP contribution is 2.25. The Kier molecular flexibility index (Phi) is 4.48. The van der Waals surface area contributed by atoms with E-state index in [1.165, 1.54) is 0 Å². The second-order valence-electron chi connectivity index (χ2n) is 6.35. The van der Waals surface area contributed by atoms with Crippen LogP contribution in [0.25, 0.3) is 11.1 Å². The minimum Gasteiger partial charge on any atom is -0.484 e. The van der Waals surface area contributed by atoms with Crippen molar-refractivity contribution in [3.8, 4) is 11.5 Å². The molecule has 2 aromatic carbocycles. The second kappa shape index (κ2) is 7.07. The first-order chi connectivity index (χ1) is 12.7. The lowest BCUT2D eigenvalue weighted by atomic mass is 10.2. The first-order valence-corrected chi connectivity index (χ1v) is 8.74. The normalized spacial score (nSPS) is 14.0. The molecule has 6 heteroatoms. The Morgan fingerprint density at radius 1 is 1.19 bits per heavy atom. The topological polar surface area (TPSA) is 64.8 Å². The van der Waals surface area contributed by atoms with Crippen LogP contribution in [0.15, 0.2) is 46.9 Å². The lowest BCUT2D eigenvalue weighted by Gasteiger charge is -2.16. The molecule has 0 spiro atoms. The molecule has 2 heterocycles. The summed E-state index contributed by atoms with van der Waals surface area (Å²) in [5.74, 6) is 1.75. The highest BCUT2D eigenvalue weighted by Gasteiger charge is 2.20. The molecule has 0 saturated carbocycles. The molecule has 1 fully saturated rings. The zero-order valence-corrected chi connectivity index (χ0v) is 14.6. The number of fused-ring (bicyclic) bond motifs is 1. The van der Waals surface area contributed by atoms with Crippen molar-refractivity contribution in [2.75, 3.05) is 13.1 Å². The van der Waals surface area contributed by atoms with Gasteiger partial charge in [-0.2, -0.15) is 0 Å². The molecule has 1 amide bonds. The van der Waals surface area contributed by atoms with Crippen LogP contribution in [0.2, 0.25) is 0 Å². The first kappa shape index (κ1) is 16.4. The van der Waals surface area contributed by atoms with Gasteiger partial charge in [0, 0.05) is 13.1 Å². The van der Waals surface area contributed by atoms with E-state index in [2.05, 4.69) is 4.98 Å². The van der Waals surface area contributed by atoms with Gasteiger partial charge >= 0.3 is 6.09 Å². The largest absolute Gasteiger partial charge is 0.484 e. The molecule has 0 aliphatic carbocycles. The number of carbonyl (C=O) groups is 1. The minimum atomic E-state index is -0.286. The molecule has 0 radical (unpaired) electrons. The summed E-state index contributed by atoms with van der Waals surface area (Å²) < 4.78 is 16.9. The molecular formula is C20H20N2O4. The minimum absolute atomic E-state index is 0.237. The number of likely N-dealkylation sites (tertiary alicyclic amines) is 1. The molecule has 134 valence electrons. The van der Waals surface area contributed by atoms with Crippen molar-refractivity contribution in [2.45, 2.75) is 26.4 Å². The van der Waals surface area contributed by atoms with E-state index in [1.807, 2.05) is 37.3 Å². The summed E-state index contributed by atoms with van der Waals surface area (Å²) >= 11 is 0. The smallest absolute Gasteiger partial charge is 0.415 e. The Morgan fingerprint density at radius 3 is 2.77 bits per heavy atom. The van der Waals surface area contributed by atoms with E-state index in [0.29, 0.717) is 17.4 Å². The van der Waals surface area contributed by atoms with Crippen LogP contribution in [-0.2, 0) is 6.61 Å². The Bertz CT molecular complexity index is 895. The molecular weight excluding hydrogens is 332 g/mol. The van der Waals surface area contributed by atoms with Crippen molar-refractivity contribution in [3.05, 3.63) is 53.9 Å². The fourth-order valence-electron chi connectivity index (χ4n) is 3.01. The van der Waals surface area contributed by atoms with Crippen molar-refractivity contribution in [1.82, 2.24) is 9.88 Å². The average Bonchev–Trinajstić information content (AvgIpc) is 3.31. The highest BCUT2D eigenvalue weighted by molar-refractivity contribution is 5.72. The van der Waals surface area contributed by atoms with Gasteiger partial charge in [0.25, 0.3) is 0 Å². The number of rotatable bonds is 4. The van der Waals surface area contributed by atoms with Gasteiger partial charge < -0.3 is 18.8 Å². The maximum atomic E-state index is 12.1. The van der Waals surface area contributed by atoms with Crippen LogP contribution in [0.3, 0.4) is 0 Å². The SMILES string of the molecule is Cc1cc(OCc2nc3ccccc3o2)ccc1OC(=O)N1CCCC1. The van der Waals surface area contributed by atoms with Gasteiger partial charge in [-0.3, -0.25) is 0 Å². The predicted octanol–water partition coefficient (Wildman–Crippen LogP) is 4.31. The quantitative estimate of drug-likeness (QED) is 0.700. The lowest BCUT2D eigenvalue weighted by Crippen LogP contribution is -2.30. The van der Waals surface area contributed by atoms with Crippen molar-refractivity contribution >= 4 is 17.2 Å². The summed E-state index contributed by atoms with van der Waals surface area (Å²) in [6.45, 7) is 3.66. The lowest BCUT2D eigenvalue weighted by molar-refractivity contribution is 0.162. The molecule has 4 rings (SSSR count). The molecule has 0 unspecified atom stereocenters. The third-order valence-corrected chi connectivity index (χ3v) is 4.41. The standard InChI is InChI=1S/C20H20N2O4/c1-14-12-15(8-9-17(14)26-20(23)22-10-4-5-11-22)24-13-19-21-16-6-2-3-7-18(16)25-19/h2-3,6-9,12H,4-5,10-11,13H2,1H3. The number of oxazole rings is 1. The molecule has 1 aliphatic heterocycles. The number of aromatic nitrogens is 1. The molecule has 0 N–H and O–H groups in total. The molecule has 0 bridgehead atoms. The van der Waals surface area contributed by atoms with Crippen LogP contribution in [-0.4, -0.2) is 29.1 Å². The van der Waals surface area contributed by atoms with Gasteiger partial charge in [0.05, 0.1) is 0 Å². The summed E-state index contributed by atoms with van der Waals surface area (Å²) in [7, 11) is 0. The van der Waals surface area contributed by atoms with E-state index in [-0.39, 0.29) is 12.7 Å². The van der Waals surface area contributed by atoms with Crippen LogP contribution in [0.5, 0.6) is 11.5 Å². The number of aryl methyl sites for hydroxylation is 1. The summed E-state index contributed by atoms with van der Waals surface area (Å²) in [4.78, 5) is 18.2. The number of nitrogens with zero attached hydrogens (tertiary/aromatic N) is 2. The molecule has 1 aromatic heterocycles. The fourth-order valence-corrected chi connectivity index (χ4v) is 3.01. The summed E-state index contributed by atoms with van der Waals surface area (Å²) in [5, 5.41) is 0. The van der Waals surface area contributed by atoms with Gasteiger partial charge in [-0.15, -0.1) is 0 Å². The maximum absolute atomic E-state index is 12.1. The van der Waals surface area contributed by atoms with E-state index in [0.717, 1.165) is 42.6 Å². The van der Waals surface area contributed by atoms with Crippen molar-refractivity contribution in [3.63, 3.8) is 0 Å². The van der Waals surface area contributed by atoms with Gasteiger partial charge in [-0.25, -0.2) is 9.78 Å². The first-order valence-electron chi connectivity index (χ1n) is 8.74. The zero-order chi connectivity index (χ0) is 17.9. The van der Waals surface area contributed by atoms with E-state index in [1.54, 1.807) is 17.0 Å². The number of carbonyl (C=O) groups excluding carboxylic acids is 1. The number of ether oxygens (including phenoxy) is 2. The van der Waals surface area contributed by atoms with Crippen molar-refractivity contribution < 1.29 is 18.7 Å². The Morgan fingerprint density at radius 2 is 2.00 bits per heavy atom. The monoisotopic (exact) mass is 352 g/mol. The zero-order valence-electron chi connectivity index (χ0n) is 14.6. The van der Waals surface area contributed by atoms with Crippen molar-refractivity contribution in [1.29, 1.82) is 0 Å². The highest BCUT2D eigenvalue weighted by atomic mass is 16.6. The van der Waals surface area contributed by atoms with Gasteiger partial charge in [-0.05, 0) is 55.7 Å². The van der Waals surface area contributed by atoms with Crippen LogP contribution in [0.1, 0.15) is 24.3 Å². The summed E-state index contributed by atoms with van der Waals surface area (Å²) in [5.41, 5.74) is 2.39. The fraction of sp³-hybridized carbons (Fsp3) is 0.300. The van der Waals surface area contributed by atoms with Gasteiger partial charge in [0.2, 0.25) is 5.89 Å². The van der Waals surface area contributed by atoms with Crippen LogP contribution in [0.4, 0.5) is 4.79 Å². The summed E-state index contributed by atoms with van der Waals surface area (Å²) in [6, 6.07) is 13.0. The van der Waals surface area contributed by atoms with Crippen LogP contribution in [0, 0.1) is 6.92 Å². The number of hydrogen-bond acceptors (Lipinski definition) is 5. The van der Waals surface area contributed by atoms with E-state index in [4.69, 9.17) is 13.9 Å². The molecule has 1 aliphatic rings. The van der Waals surface area contributed by atoms with Gasteiger partial charge in [0.1, 0.15) is 17.0 Å². The molecule has 26 heavy (non-hydrogen) atoms. The Balaban J connectivity index is 1.39. The number of benzene rings is 2. The number of amides is 1. The third kappa shape index (κ3) is 3.49. The van der Waals surface area contributed by atoms with Crippen molar-refractivity contribution in [2.24, 2.45) is 0 Å². The van der Waals surface area contributed by atoms with Crippen LogP contribution < -0.4 is 9.47 Å². The average molecular weight is 352 g/mol. The predicted molar refractivity (Wildman–Crippen MR) is 96.4 cm³/mol. The number of hydrogen-bond donors (Lipinski definition) is 0. The van der Waals surface area contributed by atoms with E-state index in [9.17, 15) is 4.79 Å². The molecule has 3 aromatic rings. The van der Waals surface area contributed by atoms with E-state index >= 15 is 0 Å². The Labute approximate surface area is 151 Å². The number of para-hydroxylation sites is 2. The van der Waals surface area contributed by atoms with E-state index < -0.39 is 0 Å². The second-order valence-corrected chi connectivity index (χ2v) is 6.35. The van der Waals surface area contributed by atoms with Gasteiger partial charge in [-0.1, -0.05) is 12.1 Å². The van der Waals surface area contributed by atoms with Gasteiger partial charge in [0.15, 0.2) is 12.2 Å². The molecule has 1 saturated heterocycles. The Hall–Kier alpha value is -3.02. The van der Waals surface area contributed by atoms with Crippen LogP contribution >= 0.6 is 0 Å². The summed E-state index contributed by atoms with van der Waals surface area (Å²) in [6.07, 6.45) is 1.79. The molecule has 6 nitrogen and oxygen atoms in total.